The first kappa shape index (κ1) is 55.8. The van der Waals surface area contributed by atoms with E-state index in [2.05, 4.69) is 174 Å². The Balaban J connectivity index is 0.000000546. The monoisotopic (exact) mass is 841 g/mol. The molecule has 3 aromatic carbocycles. The number of phenols is 1. The molecule has 3 aromatic rings. The summed E-state index contributed by atoms with van der Waals surface area (Å²) in [4.78, 5) is 0. The zero-order chi connectivity index (χ0) is 46.9. The SMILES string of the molecule is CC(C)=CCCC(C)CCC(C)(C)C.COc1cc(CCC(CC(CCc2ccc(O)c(OC)c2)C(C)(C)C)C(C)(C)C)ccc1C.Cc1ccc(C(C)C)cc1C(C)(C)C. The van der Waals surface area contributed by atoms with Crippen molar-refractivity contribution in [3.05, 3.63) is 99.6 Å². The van der Waals surface area contributed by atoms with Crippen molar-refractivity contribution in [3.8, 4) is 17.2 Å². The van der Waals surface area contributed by atoms with Crippen LogP contribution in [0.4, 0.5) is 0 Å². The maximum absolute atomic E-state index is 9.92. The van der Waals surface area contributed by atoms with Gasteiger partial charge in [-0.15, -0.1) is 0 Å². The third-order valence-electron chi connectivity index (χ3n) is 12.6. The molecule has 0 heterocycles. The molecule has 0 fully saturated rings. The van der Waals surface area contributed by atoms with Crippen LogP contribution >= 0.6 is 0 Å². The molecule has 0 spiro atoms. The van der Waals surface area contributed by atoms with E-state index in [-0.39, 0.29) is 22.0 Å². The Morgan fingerprint density at radius 2 is 1.11 bits per heavy atom. The average Bonchev–Trinajstić information content (AvgIpc) is 3.13. The highest BCUT2D eigenvalue weighted by Crippen LogP contribution is 2.42. The molecule has 61 heavy (non-hydrogen) atoms. The van der Waals surface area contributed by atoms with Gasteiger partial charge in [0.05, 0.1) is 14.2 Å². The maximum Gasteiger partial charge on any atom is 0.160 e. The Morgan fingerprint density at radius 1 is 0.623 bits per heavy atom. The molecule has 3 atom stereocenters. The largest absolute Gasteiger partial charge is 0.504 e. The van der Waals surface area contributed by atoms with Crippen molar-refractivity contribution in [2.75, 3.05) is 14.2 Å². The first-order chi connectivity index (χ1) is 28.0. The van der Waals surface area contributed by atoms with Gasteiger partial charge in [-0.1, -0.05) is 158 Å². The molecule has 3 heteroatoms. The predicted octanol–water partition coefficient (Wildman–Crippen LogP) is 17.6. The fourth-order valence-corrected chi connectivity index (χ4v) is 8.02. The minimum atomic E-state index is 0.203. The van der Waals surface area contributed by atoms with Crippen LogP contribution in [0.2, 0.25) is 0 Å². The number of phenolic OH excluding ortho intramolecular Hbond substituents is 1. The van der Waals surface area contributed by atoms with Crippen LogP contribution in [0.5, 0.6) is 17.2 Å². The zero-order valence-corrected chi connectivity index (χ0v) is 43.7. The van der Waals surface area contributed by atoms with Gasteiger partial charge in [-0.25, -0.2) is 0 Å². The third kappa shape index (κ3) is 22.1. The lowest BCUT2D eigenvalue weighted by Gasteiger charge is -2.39. The van der Waals surface area contributed by atoms with E-state index < -0.39 is 0 Å². The van der Waals surface area contributed by atoms with Crippen LogP contribution in [-0.2, 0) is 18.3 Å². The highest BCUT2D eigenvalue weighted by Gasteiger charge is 2.32. The third-order valence-corrected chi connectivity index (χ3v) is 12.6. The summed E-state index contributed by atoms with van der Waals surface area (Å²) in [6, 6.07) is 19.2. The molecule has 3 unspecified atom stereocenters. The van der Waals surface area contributed by atoms with Crippen LogP contribution in [0.25, 0.3) is 0 Å². The molecule has 0 saturated carbocycles. The summed E-state index contributed by atoms with van der Waals surface area (Å²) in [6.45, 7) is 43.6. The van der Waals surface area contributed by atoms with Crippen molar-refractivity contribution >= 4 is 0 Å². The highest BCUT2D eigenvalue weighted by molar-refractivity contribution is 5.42. The van der Waals surface area contributed by atoms with E-state index in [0.717, 1.165) is 30.9 Å². The zero-order valence-electron chi connectivity index (χ0n) is 43.7. The van der Waals surface area contributed by atoms with Gasteiger partial charge in [-0.3, -0.25) is 0 Å². The van der Waals surface area contributed by atoms with Crippen LogP contribution in [0, 0.1) is 47.8 Å². The standard InChI is InChI=1S/C30H46O3.C14H22.C14H28/c1-21-10-11-22(18-27(21)32-8)12-15-24(29(2,3)4)20-25(30(5,6)7)16-13-23-14-17-26(31)28(19-23)33-9;1-10(2)12-8-7-11(3)13(9-12)14(4,5)6;1-12(2)8-7-9-13(3)10-11-14(4,5)6/h10-11,14,17-19,24-25,31H,12-13,15-16,20H2,1-9H3;7-10H,1-6H3;8,13H,7,9-11H2,1-6H3. The van der Waals surface area contributed by atoms with Crippen molar-refractivity contribution in [2.45, 2.75) is 201 Å². The van der Waals surface area contributed by atoms with E-state index in [9.17, 15) is 5.11 Å². The van der Waals surface area contributed by atoms with Crippen LogP contribution in [-0.4, -0.2) is 19.3 Å². The van der Waals surface area contributed by atoms with Gasteiger partial charge in [-0.05, 0) is 176 Å². The lowest BCUT2D eigenvalue weighted by atomic mass is 9.66. The predicted molar refractivity (Wildman–Crippen MR) is 270 cm³/mol. The second kappa shape index (κ2) is 25.2. The van der Waals surface area contributed by atoms with Gasteiger partial charge >= 0.3 is 0 Å². The minimum absolute atomic E-state index is 0.203. The number of hydrogen-bond donors (Lipinski definition) is 1. The topological polar surface area (TPSA) is 38.7 Å². The van der Waals surface area contributed by atoms with Gasteiger partial charge in [0, 0.05) is 0 Å². The molecule has 0 bridgehead atoms. The molecule has 0 saturated heterocycles. The quantitative estimate of drug-likeness (QED) is 0.146. The van der Waals surface area contributed by atoms with E-state index in [1.807, 2.05) is 12.1 Å². The number of aromatic hydroxyl groups is 1. The molecule has 0 aliphatic carbocycles. The molecule has 0 aliphatic rings. The minimum Gasteiger partial charge on any atom is -0.504 e. The summed E-state index contributed by atoms with van der Waals surface area (Å²) in [5.41, 5.74) is 10.8. The summed E-state index contributed by atoms with van der Waals surface area (Å²) < 4.78 is 10.9. The molecule has 346 valence electrons. The molecule has 0 amide bonds. The lowest BCUT2D eigenvalue weighted by Crippen LogP contribution is -2.30. The smallest absolute Gasteiger partial charge is 0.160 e. The van der Waals surface area contributed by atoms with Crippen LogP contribution in [0.15, 0.2) is 66.2 Å². The molecule has 3 rings (SSSR count). The number of benzene rings is 3. The number of rotatable bonds is 16. The number of allylic oxidation sites excluding steroid dienone is 2. The summed E-state index contributed by atoms with van der Waals surface area (Å²) in [7, 11) is 3.36. The first-order valence-electron chi connectivity index (χ1n) is 23.7. The molecule has 3 nitrogen and oxygen atoms in total. The number of hydrogen-bond acceptors (Lipinski definition) is 3. The fraction of sp³-hybridized carbons (Fsp3) is 0.655. The Bertz CT molecular complexity index is 1650. The van der Waals surface area contributed by atoms with Gasteiger partial charge in [0.2, 0.25) is 0 Å². The van der Waals surface area contributed by atoms with E-state index in [0.29, 0.717) is 28.9 Å². The van der Waals surface area contributed by atoms with Crippen molar-refractivity contribution in [3.63, 3.8) is 0 Å². The summed E-state index contributed by atoms with van der Waals surface area (Å²) in [5.74, 6) is 4.48. The fourth-order valence-electron chi connectivity index (χ4n) is 8.02. The number of methoxy groups -OCH3 is 2. The van der Waals surface area contributed by atoms with Gasteiger partial charge in [0.1, 0.15) is 5.75 Å². The number of ether oxygens (including phenoxy) is 2. The first-order valence-corrected chi connectivity index (χ1v) is 23.7. The van der Waals surface area contributed by atoms with Crippen LogP contribution in [0.3, 0.4) is 0 Å². The van der Waals surface area contributed by atoms with Crippen molar-refractivity contribution in [2.24, 2.45) is 34.0 Å². The van der Waals surface area contributed by atoms with E-state index in [4.69, 9.17) is 9.47 Å². The average molecular weight is 841 g/mol. The van der Waals surface area contributed by atoms with Gasteiger partial charge in [0.25, 0.3) is 0 Å². The molecule has 0 aliphatic heterocycles. The van der Waals surface area contributed by atoms with E-state index in [1.54, 1.807) is 20.3 Å². The normalized spacial score (nSPS) is 13.6. The molecular formula is C58H96O3. The summed E-state index contributed by atoms with van der Waals surface area (Å²) in [5, 5.41) is 9.92. The molecular weight excluding hydrogens is 745 g/mol. The van der Waals surface area contributed by atoms with E-state index in [1.165, 1.54) is 77.5 Å². The highest BCUT2D eigenvalue weighted by atomic mass is 16.5. The Labute approximate surface area is 378 Å². The van der Waals surface area contributed by atoms with Crippen molar-refractivity contribution < 1.29 is 14.6 Å². The maximum atomic E-state index is 9.92. The molecule has 1 N–H and O–H groups in total. The van der Waals surface area contributed by atoms with Gasteiger partial charge in [0.15, 0.2) is 11.5 Å². The Kier molecular flexibility index (Phi) is 23.0. The van der Waals surface area contributed by atoms with Gasteiger partial charge in [-0.2, -0.15) is 0 Å². The second-order valence-electron chi connectivity index (χ2n) is 23.3. The van der Waals surface area contributed by atoms with Crippen molar-refractivity contribution in [1.82, 2.24) is 0 Å². The number of aryl methyl sites for hydroxylation is 4. The van der Waals surface area contributed by atoms with Crippen molar-refractivity contribution in [1.29, 1.82) is 0 Å². The van der Waals surface area contributed by atoms with Gasteiger partial charge < -0.3 is 14.6 Å². The molecule has 0 radical (unpaired) electrons. The molecule has 0 aromatic heterocycles. The lowest BCUT2D eigenvalue weighted by molar-refractivity contribution is 0.120. The van der Waals surface area contributed by atoms with Crippen LogP contribution in [0.1, 0.15) is 202 Å². The van der Waals surface area contributed by atoms with E-state index >= 15 is 0 Å². The summed E-state index contributed by atoms with van der Waals surface area (Å²) in [6.07, 6.45) is 13.3. The summed E-state index contributed by atoms with van der Waals surface area (Å²) >= 11 is 0. The van der Waals surface area contributed by atoms with Crippen LogP contribution < -0.4 is 9.47 Å². The second-order valence-corrected chi connectivity index (χ2v) is 23.3. The Hall–Kier alpha value is -3.20. The Morgan fingerprint density at radius 3 is 1.56 bits per heavy atom.